The van der Waals surface area contributed by atoms with Crippen LogP contribution in [0.4, 0.5) is 11.4 Å². The monoisotopic (exact) mass is 411 g/mol. The van der Waals surface area contributed by atoms with Gasteiger partial charge < -0.3 is 9.47 Å². The maximum atomic E-state index is 12.7. The van der Waals surface area contributed by atoms with Crippen molar-refractivity contribution in [2.24, 2.45) is 0 Å². The van der Waals surface area contributed by atoms with Gasteiger partial charge in [0, 0.05) is 6.07 Å². The molecular weight excluding hydrogens is 390 g/mol. The molecule has 1 aliphatic rings. The van der Waals surface area contributed by atoms with Crippen molar-refractivity contribution in [2.45, 2.75) is 26.9 Å². The predicted molar refractivity (Wildman–Crippen MR) is 110 cm³/mol. The number of hydrazine groups is 1. The number of benzene rings is 2. The molecule has 0 radical (unpaired) electrons. The molecule has 9 heteroatoms. The number of nitrogens with zero attached hydrogens (tertiary/aromatic N) is 2. The molecule has 1 aliphatic heterocycles. The largest absolute Gasteiger partial charge is 0.490 e. The van der Waals surface area contributed by atoms with Gasteiger partial charge in [0.2, 0.25) is 5.75 Å². The zero-order chi connectivity index (χ0) is 21.8. The van der Waals surface area contributed by atoms with E-state index < -0.39 is 16.7 Å². The van der Waals surface area contributed by atoms with Gasteiger partial charge in [-0.2, -0.15) is 0 Å². The quantitative estimate of drug-likeness (QED) is 0.324. The van der Waals surface area contributed by atoms with Crippen LogP contribution in [0.15, 0.2) is 48.0 Å². The summed E-state index contributed by atoms with van der Waals surface area (Å²) >= 11 is 0. The molecule has 2 amide bonds. The number of nitrogens with one attached hydrogen (secondary N) is 1. The molecule has 0 atom stereocenters. The molecule has 3 rings (SSSR count). The molecule has 1 saturated heterocycles. The highest BCUT2D eigenvalue weighted by atomic mass is 16.6. The van der Waals surface area contributed by atoms with Crippen molar-refractivity contribution in [3.8, 4) is 11.5 Å². The van der Waals surface area contributed by atoms with Crippen molar-refractivity contribution < 1.29 is 24.0 Å². The number of nitro groups is 1. The molecule has 2 aromatic rings. The maximum Gasteiger partial charge on any atom is 0.315 e. The van der Waals surface area contributed by atoms with Gasteiger partial charge in [-0.05, 0) is 50.6 Å². The van der Waals surface area contributed by atoms with Gasteiger partial charge in [-0.1, -0.05) is 18.2 Å². The standard InChI is InChI=1S/C21H21N3O6/c1-4-29-18-12-14(11-17(24(27)28)19(18)30-13(2)3)10-16-20(25)22-23(21(16)26)15-8-6-5-7-9-15/h5-13H,4H2,1-3H3,(H,22,25). The highest BCUT2D eigenvalue weighted by Gasteiger charge is 2.34. The number of nitro benzene ring substituents is 1. The minimum atomic E-state index is -0.605. The van der Waals surface area contributed by atoms with Crippen molar-refractivity contribution in [2.75, 3.05) is 11.6 Å². The van der Waals surface area contributed by atoms with Crippen molar-refractivity contribution in [3.63, 3.8) is 0 Å². The number of para-hydroxylation sites is 1. The summed E-state index contributed by atoms with van der Waals surface area (Å²) in [6.45, 7) is 5.48. The fraction of sp³-hybridized carbons (Fsp3) is 0.238. The van der Waals surface area contributed by atoms with E-state index in [1.165, 1.54) is 18.2 Å². The van der Waals surface area contributed by atoms with E-state index in [1.54, 1.807) is 51.1 Å². The van der Waals surface area contributed by atoms with Crippen molar-refractivity contribution in [3.05, 3.63) is 63.7 Å². The van der Waals surface area contributed by atoms with Crippen LogP contribution in [0, 0.1) is 10.1 Å². The molecule has 0 aliphatic carbocycles. The molecule has 2 aromatic carbocycles. The second-order valence-corrected chi connectivity index (χ2v) is 6.70. The zero-order valence-electron chi connectivity index (χ0n) is 16.7. The lowest BCUT2D eigenvalue weighted by molar-refractivity contribution is -0.386. The van der Waals surface area contributed by atoms with E-state index in [-0.39, 0.29) is 41.0 Å². The van der Waals surface area contributed by atoms with E-state index in [0.717, 1.165) is 5.01 Å². The summed E-state index contributed by atoms with van der Waals surface area (Å²) in [7, 11) is 0. The summed E-state index contributed by atoms with van der Waals surface area (Å²) in [6.07, 6.45) is 0.990. The number of hydrogen-bond donors (Lipinski definition) is 1. The van der Waals surface area contributed by atoms with E-state index in [2.05, 4.69) is 5.43 Å². The smallest absolute Gasteiger partial charge is 0.315 e. The van der Waals surface area contributed by atoms with Gasteiger partial charge in [0.25, 0.3) is 11.8 Å². The third-order valence-electron chi connectivity index (χ3n) is 4.12. The minimum absolute atomic E-state index is 0.00659. The van der Waals surface area contributed by atoms with Crippen molar-refractivity contribution in [1.29, 1.82) is 0 Å². The Labute approximate surface area is 173 Å². The van der Waals surface area contributed by atoms with Crippen LogP contribution in [-0.2, 0) is 9.59 Å². The topological polar surface area (TPSA) is 111 Å². The van der Waals surface area contributed by atoms with E-state index in [9.17, 15) is 19.7 Å². The molecule has 0 saturated carbocycles. The summed E-state index contributed by atoms with van der Waals surface area (Å²) in [6, 6.07) is 11.4. The molecule has 0 aromatic heterocycles. The normalized spacial score (nSPS) is 14.9. The van der Waals surface area contributed by atoms with Crippen LogP contribution in [0.3, 0.4) is 0 Å². The molecule has 0 bridgehead atoms. The number of amides is 2. The average molecular weight is 411 g/mol. The SMILES string of the molecule is CCOc1cc(C=C2C(=O)NN(c3ccccc3)C2=O)cc([N+](=O)[O-])c1OC(C)C. The van der Waals surface area contributed by atoms with E-state index in [4.69, 9.17) is 9.47 Å². The molecule has 1 heterocycles. The molecule has 0 unspecified atom stereocenters. The second kappa shape index (κ2) is 8.64. The van der Waals surface area contributed by atoms with E-state index >= 15 is 0 Å². The Kier molecular flexibility index (Phi) is 6.01. The van der Waals surface area contributed by atoms with Crippen molar-refractivity contribution >= 4 is 29.3 Å². The number of carbonyl (C=O) groups is 2. The number of carbonyl (C=O) groups excluding carboxylic acids is 2. The summed E-state index contributed by atoms with van der Waals surface area (Å²) in [5.41, 5.74) is 2.81. The molecular formula is C21H21N3O6. The van der Waals surface area contributed by atoms with Gasteiger partial charge in [-0.25, -0.2) is 5.01 Å². The summed E-state index contributed by atoms with van der Waals surface area (Å²) in [5.74, 6) is -0.994. The number of anilines is 1. The van der Waals surface area contributed by atoms with Crippen LogP contribution in [-0.4, -0.2) is 29.4 Å². The van der Waals surface area contributed by atoms with Crippen LogP contribution < -0.4 is 19.9 Å². The predicted octanol–water partition coefficient (Wildman–Crippen LogP) is 3.24. The van der Waals surface area contributed by atoms with Crippen LogP contribution in [0.5, 0.6) is 11.5 Å². The Morgan fingerprint density at radius 2 is 1.90 bits per heavy atom. The lowest BCUT2D eigenvalue weighted by Gasteiger charge is -2.15. The Morgan fingerprint density at radius 1 is 1.20 bits per heavy atom. The Balaban J connectivity index is 2.05. The Hall–Kier alpha value is -3.88. The van der Waals surface area contributed by atoms with Gasteiger partial charge in [-0.15, -0.1) is 0 Å². The van der Waals surface area contributed by atoms with Crippen LogP contribution in [0.1, 0.15) is 26.3 Å². The summed E-state index contributed by atoms with van der Waals surface area (Å²) in [5, 5.41) is 12.7. The third-order valence-corrected chi connectivity index (χ3v) is 4.12. The first-order chi connectivity index (χ1) is 14.3. The fourth-order valence-corrected chi connectivity index (χ4v) is 2.93. The molecule has 1 N–H and O–H groups in total. The molecule has 0 spiro atoms. The van der Waals surface area contributed by atoms with Gasteiger partial charge in [0.15, 0.2) is 5.75 Å². The fourth-order valence-electron chi connectivity index (χ4n) is 2.93. The first kappa shape index (κ1) is 20.8. The summed E-state index contributed by atoms with van der Waals surface area (Å²) < 4.78 is 11.1. The average Bonchev–Trinajstić information content (AvgIpc) is 2.98. The Bertz CT molecular complexity index is 1020. The lowest BCUT2D eigenvalue weighted by atomic mass is 10.1. The van der Waals surface area contributed by atoms with Gasteiger partial charge in [0.1, 0.15) is 5.57 Å². The lowest BCUT2D eigenvalue weighted by Crippen LogP contribution is -2.35. The second-order valence-electron chi connectivity index (χ2n) is 6.70. The summed E-state index contributed by atoms with van der Waals surface area (Å²) in [4.78, 5) is 36.2. The highest BCUT2D eigenvalue weighted by molar-refractivity contribution is 6.31. The minimum Gasteiger partial charge on any atom is -0.490 e. The van der Waals surface area contributed by atoms with Crippen LogP contribution in [0.25, 0.3) is 6.08 Å². The highest BCUT2D eigenvalue weighted by Crippen LogP contribution is 2.40. The number of ether oxygens (including phenoxy) is 2. The maximum absolute atomic E-state index is 12.7. The molecule has 30 heavy (non-hydrogen) atoms. The molecule has 1 fully saturated rings. The molecule has 156 valence electrons. The van der Waals surface area contributed by atoms with Crippen LogP contribution in [0.2, 0.25) is 0 Å². The van der Waals surface area contributed by atoms with Gasteiger partial charge in [0.05, 0.1) is 23.3 Å². The van der Waals surface area contributed by atoms with Crippen molar-refractivity contribution in [1.82, 2.24) is 5.43 Å². The number of rotatable bonds is 7. The zero-order valence-corrected chi connectivity index (χ0v) is 16.7. The van der Waals surface area contributed by atoms with E-state index in [0.29, 0.717) is 5.69 Å². The third kappa shape index (κ3) is 4.24. The van der Waals surface area contributed by atoms with Crippen LogP contribution >= 0.6 is 0 Å². The Morgan fingerprint density at radius 3 is 2.50 bits per heavy atom. The van der Waals surface area contributed by atoms with Gasteiger partial charge >= 0.3 is 5.69 Å². The number of hydrogen-bond acceptors (Lipinski definition) is 6. The van der Waals surface area contributed by atoms with Gasteiger partial charge in [-0.3, -0.25) is 25.1 Å². The first-order valence-corrected chi connectivity index (χ1v) is 9.35. The molecule has 9 nitrogen and oxygen atoms in total. The van der Waals surface area contributed by atoms with E-state index in [1.807, 2.05) is 0 Å². The first-order valence-electron chi connectivity index (χ1n) is 9.35.